The van der Waals surface area contributed by atoms with Gasteiger partial charge in [-0.2, -0.15) is 0 Å². The number of ether oxygens (including phenoxy) is 3. The Bertz CT molecular complexity index is 1680. The van der Waals surface area contributed by atoms with Gasteiger partial charge in [0.05, 0.1) is 38.1 Å². The monoisotopic (exact) mass is 460 g/mol. The van der Waals surface area contributed by atoms with Gasteiger partial charge in [0.2, 0.25) is 0 Å². The molecule has 0 aliphatic heterocycles. The molecular weight excluding hydrogens is 436 g/mol. The average molecular weight is 461 g/mol. The van der Waals surface area contributed by atoms with Crippen LogP contribution in [0.4, 0.5) is 0 Å². The fourth-order valence-electron chi connectivity index (χ4n) is 4.68. The molecule has 3 aromatic carbocycles. The van der Waals surface area contributed by atoms with E-state index >= 15 is 0 Å². The predicted molar refractivity (Wildman–Crippen MR) is 141 cm³/mol. The van der Waals surface area contributed by atoms with E-state index in [2.05, 4.69) is 59.1 Å². The highest BCUT2D eigenvalue weighted by atomic mass is 16.5. The van der Waals surface area contributed by atoms with Crippen molar-refractivity contribution in [2.24, 2.45) is 0 Å². The fourth-order valence-corrected chi connectivity index (χ4v) is 4.68. The summed E-state index contributed by atoms with van der Waals surface area (Å²) in [6.45, 7) is 0. The van der Waals surface area contributed by atoms with Crippen LogP contribution in [0.15, 0.2) is 91.1 Å². The zero-order valence-electron chi connectivity index (χ0n) is 19.8. The maximum absolute atomic E-state index is 5.50. The Morgan fingerprint density at radius 2 is 1.29 bits per heavy atom. The highest BCUT2D eigenvalue weighted by Gasteiger charge is 2.16. The first-order valence-electron chi connectivity index (χ1n) is 11.4. The van der Waals surface area contributed by atoms with Crippen LogP contribution in [-0.4, -0.2) is 30.7 Å². The summed E-state index contributed by atoms with van der Waals surface area (Å²) in [5.41, 5.74) is 7.19. The molecule has 0 fully saturated rings. The van der Waals surface area contributed by atoms with E-state index < -0.39 is 0 Å². The maximum Gasteiger partial charge on any atom is 0.123 e. The van der Waals surface area contributed by atoms with E-state index in [0.29, 0.717) is 0 Å². The number of methoxy groups -OCH3 is 3. The van der Waals surface area contributed by atoms with Gasteiger partial charge in [0.25, 0.3) is 0 Å². The van der Waals surface area contributed by atoms with Gasteiger partial charge in [0.1, 0.15) is 17.2 Å². The summed E-state index contributed by atoms with van der Waals surface area (Å²) < 4.78 is 18.6. The molecule has 0 unspecified atom stereocenters. The number of pyridine rings is 2. The quantitative estimate of drug-likeness (QED) is 0.278. The Labute approximate surface area is 203 Å². The van der Waals surface area contributed by atoms with Gasteiger partial charge >= 0.3 is 0 Å². The topological polar surface area (TPSA) is 45.0 Å². The average Bonchev–Trinajstić information content (AvgIpc) is 3.31. The van der Waals surface area contributed by atoms with Gasteiger partial charge in [-0.1, -0.05) is 24.3 Å². The van der Waals surface area contributed by atoms with E-state index in [1.165, 1.54) is 5.39 Å². The van der Waals surface area contributed by atoms with Crippen molar-refractivity contribution in [3.63, 3.8) is 0 Å². The number of fused-ring (bicyclic) bond motifs is 5. The summed E-state index contributed by atoms with van der Waals surface area (Å²) in [6, 6.07) is 28.8. The van der Waals surface area contributed by atoms with Crippen molar-refractivity contribution >= 4 is 27.3 Å². The van der Waals surface area contributed by atoms with Crippen molar-refractivity contribution in [2.45, 2.75) is 0 Å². The summed E-state index contributed by atoms with van der Waals surface area (Å²) in [7, 11) is 5.01. The van der Waals surface area contributed by atoms with E-state index in [4.69, 9.17) is 19.2 Å². The molecule has 0 atom stereocenters. The maximum atomic E-state index is 5.50. The number of benzene rings is 3. The van der Waals surface area contributed by atoms with Crippen molar-refractivity contribution in [2.75, 3.05) is 21.3 Å². The van der Waals surface area contributed by atoms with E-state index in [1.54, 1.807) is 21.3 Å². The van der Waals surface area contributed by atoms with Gasteiger partial charge in [0, 0.05) is 34.1 Å². The van der Waals surface area contributed by atoms with Gasteiger partial charge in [-0.05, 0) is 65.7 Å². The van der Waals surface area contributed by atoms with Gasteiger partial charge in [-0.3, -0.25) is 0 Å². The van der Waals surface area contributed by atoms with Gasteiger partial charge in [0.15, 0.2) is 0 Å². The first kappa shape index (κ1) is 21.1. The summed E-state index contributed by atoms with van der Waals surface area (Å²) in [5.74, 6) is 2.33. The Morgan fingerprint density at radius 3 is 2.00 bits per heavy atom. The summed E-state index contributed by atoms with van der Waals surface area (Å²) in [6.07, 6.45) is 2.16. The molecule has 3 aromatic heterocycles. The second kappa shape index (κ2) is 8.37. The van der Waals surface area contributed by atoms with Crippen LogP contribution in [0.5, 0.6) is 17.2 Å². The van der Waals surface area contributed by atoms with Crippen LogP contribution in [0.1, 0.15) is 0 Å². The van der Waals surface area contributed by atoms with Crippen molar-refractivity contribution in [1.29, 1.82) is 0 Å². The van der Waals surface area contributed by atoms with Crippen LogP contribution in [0.25, 0.3) is 49.7 Å². The Balaban J connectivity index is 1.66. The van der Waals surface area contributed by atoms with Gasteiger partial charge < -0.3 is 18.6 Å². The molecule has 0 N–H and O–H groups in total. The van der Waals surface area contributed by atoms with Gasteiger partial charge in [-0.25, -0.2) is 4.98 Å². The molecule has 35 heavy (non-hydrogen) atoms. The first-order valence-corrected chi connectivity index (χ1v) is 11.4. The SMILES string of the molecule is COc1ccc(-c2nc3ccccc3c3cc4ccc(-c5cc(OC)cc(OC)c5)cn4c23)cc1. The van der Waals surface area contributed by atoms with Crippen molar-refractivity contribution in [3.8, 4) is 39.6 Å². The molecule has 0 radical (unpaired) electrons. The molecule has 0 bridgehead atoms. The Morgan fingerprint density at radius 1 is 0.600 bits per heavy atom. The lowest BCUT2D eigenvalue weighted by Crippen LogP contribution is -1.94. The molecule has 6 aromatic rings. The van der Waals surface area contributed by atoms with Gasteiger partial charge in [-0.15, -0.1) is 0 Å². The molecule has 0 saturated heterocycles. The molecule has 0 aliphatic carbocycles. The first-order chi connectivity index (χ1) is 17.2. The summed E-state index contributed by atoms with van der Waals surface area (Å²) in [5, 5.41) is 2.30. The lowest BCUT2D eigenvalue weighted by atomic mass is 10.0. The molecule has 0 aliphatic rings. The number of nitrogens with zero attached hydrogens (tertiary/aromatic N) is 2. The largest absolute Gasteiger partial charge is 0.497 e. The minimum Gasteiger partial charge on any atom is -0.497 e. The standard InChI is InChI=1S/C30H24N2O3/c1-33-23-12-9-19(10-13-23)29-30-27(26-6-4-5-7-28(26)31-29)16-22-11-8-20(18-32(22)30)21-14-24(34-2)17-25(15-21)35-3/h4-18H,1-3H3. The molecule has 6 rings (SSSR count). The zero-order chi connectivity index (χ0) is 23.9. The Kier molecular flexibility index (Phi) is 5.03. The number of rotatable bonds is 5. The van der Waals surface area contributed by atoms with E-state index in [0.717, 1.165) is 61.6 Å². The van der Waals surface area contributed by atoms with Crippen LogP contribution >= 0.6 is 0 Å². The van der Waals surface area contributed by atoms with Crippen LogP contribution in [0.3, 0.4) is 0 Å². The van der Waals surface area contributed by atoms with Crippen molar-refractivity contribution in [3.05, 3.63) is 91.1 Å². The number of para-hydroxylation sites is 1. The molecule has 5 heteroatoms. The lowest BCUT2D eigenvalue weighted by molar-refractivity contribution is 0.394. The third kappa shape index (κ3) is 3.53. The predicted octanol–water partition coefficient (Wildman–Crippen LogP) is 7.00. The minimum absolute atomic E-state index is 0.753. The second-order valence-electron chi connectivity index (χ2n) is 8.43. The number of hydrogen-bond donors (Lipinski definition) is 0. The third-order valence-corrected chi connectivity index (χ3v) is 6.47. The van der Waals surface area contributed by atoms with Crippen molar-refractivity contribution in [1.82, 2.24) is 9.38 Å². The summed E-state index contributed by atoms with van der Waals surface area (Å²) in [4.78, 5) is 5.11. The van der Waals surface area contributed by atoms with E-state index in [1.807, 2.05) is 36.4 Å². The highest BCUT2D eigenvalue weighted by molar-refractivity contribution is 6.12. The number of aromatic nitrogens is 2. The third-order valence-electron chi connectivity index (χ3n) is 6.47. The zero-order valence-corrected chi connectivity index (χ0v) is 19.8. The molecular formula is C30H24N2O3. The van der Waals surface area contributed by atoms with Crippen LogP contribution in [0.2, 0.25) is 0 Å². The van der Waals surface area contributed by atoms with E-state index in [-0.39, 0.29) is 0 Å². The lowest BCUT2D eigenvalue weighted by Gasteiger charge is -2.11. The Hall–Kier alpha value is -4.51. The molecule has 0 spiro atoms. The fraction of sp³-hybridized carbons (Fsp3) is 0.100. The van der Waals surface area contributed by atoms with Crippen LogP contribution in [-0.2, 0) is 0 Å². The molecule has 172 valence electrons. The smallest absolute Gasteiger partial charge is 0.123 e. The van der Waals surface area contributed by atoms with Crippen molar-refractivity contribution < 1.29 is 14.2 Å². The number of hydrogen-bond acceptors (Lipinski definition) is 4. The molecule has 3 heterocycles. The molecule has 5 nitrogen and oxygen atoms in total. The minimum atomic E-state index is 0.753. The summed E-state index contributed by atoms with van der Waals surface area (Å²) >= 11 is 0. The second-order valence-corrected chi connectivity index (χ2v) is 8.43. The van der Waals surface area contributed by atoms with Crippen LogP contribution in [0, 0.1) is 0 Å². The van der Waals surface area contributed by atoms with E-state index in [9.17, 15) is 0 Å². The van der Waals surface area contributed by atoms with Crippen LogP contribution < -0.4 is 14.2 Å². The molecule has 0 saturated carbocycles. The highest BCUT2D eigenvalue weighted by Crippen LogP contribution is 2.37. The molecule has 0 amide bonds. The normalized spacial score (nSPS) is 11.3.